The number of aliphatic carboxylic acids is 1. The molecule has 0 bridgehead atoms. The molecule has 7 nitrogen and oxygen atoms in total. The van der Waals surface area contributed by atoms with Crippen LogP contribution in [0.15, 0.2) is 6.33 Å². The molecule has 25 heavy (non-hydrogen) atoms. The van der Waals surface area contributed by atoms with Crippen LogP contribution in [0.25, 0.3) is 10.2 Å². The quantitative estimate of drug-likeness (QED) is 0.785. The molecule has 1 aliphatic rings. The Kier molecular flexibility index (Phi) is 5.17. The number of esters is 1. The van der Waals surface area contributed by atoms with Crippen molar-refractivity contribution < 1.29 is 19.4 Å². The SMILES string of the molecule is Cc1c(C(=O)OC2CCCCC2)sc2ncnc(NC(C)C(=O)O)c12. The number of nitrogens with zero attached hydrogens (tertiary/aromatic N) is 2. The van der Waals surface area contributed by atoms with Crippen LogP contribution in [0.4, 0.5) is 5.82 Å². The zero-order valence-electron chi connectivity index (χ0n) is 14.2. The first kappa shape index (κ1) is 17.6. The Balaban J connectivity index is 1.88. The third kappa shape index (κ3) is 3.73. The summed E-state index contributed by atoms with van der Waals surface area (Å²) in [6, 6.07) is -0.796. The third-order valence-electron chi connectivity index (χ3n) is 4.46. The molecule has 1 atom stereocenters. The van der Waals surface area contributed by atoms with Crippen LogP contribution in [0, 0.1) is 6.92 Å². The van der Waals surface area contributed by atoms with Gasteiger partial charge in [0.05, 0.1) is 5.39 Å². The number of ether oxygens (including phenoxy) is 1. The van der Waals surface area contributed by atoms with Crippen LogP contribution in [-0.4, -0.2) is 39.2 Å². The van der Waals surface area contributed by atoms with Gasteiger partial charge in [-0.1, -0.05) is 6.42 Å². The molecule has 0 spiro atoms. The lowest BCUT2D eigenvalue weighted by atomic mass is 9.98. The fourth-order valence-corrected chi connectivity index (χ4v) is 4.06. The van der Waals surface area contributed by atoms with Crippen molar-refractivity contribution in [3.05, 3.63) is 16.8 Å². The number of carboxylic acid groups (broad SMARTS) is 1. The van der Waals surface area contributed by atoms with Gasteiger partial charge in [-0.2, -0.15) is 0 Å². The number of hydrogen-bond donors (Lipinski definition) is 2. The Morgan fingerprint density at radius 2 is 2.04 bits per heavy atom. The zero-order chi connectivity index (χ0) is 18.0. The van der Waals surface area contributed by atoms with Crippen molar-refractivity contribution in [2.24, 2.45) is 0 Å². The van der Waals surface area contributed by atoms with Gasteiger partial charge in [0.15, 0.2) is 0 Å². The summed E-state index contributed by atoms with van der Waals surface area (Å²) < 4.78 is 5.66. The molecule has 3 rings (SSSR count). The van der Waals surface area contributed by atoms with E-state index in [1.807, 2.05) is 6.92 Å². The molecule has 1 saturated carbocycles. The van der Waals surface area contributed by atoms with E-state index in [1.165, 1.54) is 31.0 Å². The van der Waals surface area contributed by atoms with Crippen LogP contribution in [0.5, 0.6) is 0 Å². The second-order valence-electron chi connectivity index (χ2n) is 6.33. The van der Waals surface area contributed by atoms with E-state index in [0.717, 1.165) is 31.2 Å². The maximum absolute atomic E-state index is 12.6. The Morgan fingerprint density at radius 1 is 1.32 bits per heavy atom. The van der Waals surface area contributed by atoms with Crippen molar-refractivity contribution in [2.45, 2.75) is 58.1 Å². The van der Waals surface area contributed by atoms with Gasteiger partial charge in [-0.3, -0.25) is 4.79 Å². The molecule has 0 amide bonds. The fraction of sp³-hybridized carbons (Fsp3) is 0.529. The highest BCUT2D eigenvalue weighted by molar-refractivity contribution is 7.20. The van der Waals surface area contributed by atoms with Gasteiger partial charge < -0.3 is 15.2 Å². The number of carbonyl (C=O) groups excluding carboxylic acids is 1. The smallest absolute Gasteiger partial charge is 0.348 e. The molecular weight excluding hydrogens is 342 g/mol. The van der Waals surface area contributed by atoms with E-state index < -0.39 is 12.0 Å². The summed E-state index contributed by atoms with van der Waals surface area (Å²) in [5, 5.41) is 12.6. The van der Waals surface area contributed by atoms with E-state index in [4.69, 9.17) is 9.84 Å². The van der Waals surface area contributed by atoms with Gasteiger partial charge in [0.2, 0.25) is 0 Å². The van der Waals surface area contributed by atoms with Gasteiger partial charge in [-0.05, 0) is 45.1 Å². The highest BCUT2D eigenvalue weighted by atomic mass is 32.1. The highest BCUT2D eigenvalue weighted by Gasteiger charge is 2.25. The van der Waals surface area contributed by atoms with Gasteiger partial charge in [0.25, 0.3) is 0 Å². The van der Waals surface area contributed by atoms with Gasteiger partial charge >= 0.3 is 11.9 Å². The Bertz CT molecular complexity index is 799. The standard InChI is InChI=1S/C17H21N3O4S/c1-9-12-14(20-10(2)16(21)22)18-8-19-15(12)25-13(9)17(23)24-11-6-4-3-5-7-11/h8,10-11H,3-7H2,1-2H3,(H,21,22)(H,18,19,20). The van der Waals surface area contributed by atoms with Crippen LogP contribution in [0.1, 0.15) is 54.3 Å². The van der Waals surface area contributed by atoms with Crippen molar-refractivity contribution in [3.63, 3.8) is 0 Å². The number of nitrogens with one attached hydrogen (secondary N) is 1. The Morgan fingerprint density at radius 3 is 2.72 bits per heavy atom. The summed E-state index contributed by atoms with van der Waals surface area (Å²) >= 11 is 1.26. The Labute approximate surface area is 149 Å². The summed E-state index contributed by atoms with van der Waals surface area (Å²) in [7, 11) is 0. The number of carboxylic acids is 1. The van der Waals surface area contributed by atoms with Crippen molar-refractivity contribution >= 4 is 39.3 Å². The van der Waals surface area contributed by atoms with E-state index in [9.17, 15) is 9.59 Å². The van der Waals surface area contributed by atoms with Gasteiger partial charge in [-0.15, -0.1) is 11.3 Å². The molecule has 2 N–H and O–H groups in total. The van der Waals surface area contributed by atoms with Crippen molar-refractivity contribution in [1.82, 2.24) is 9.97 Å². The minimum atomic E-state index is -0.975. The monoisotopic (exact) mass is 363 g/mol. The summed E-state index contributed by atoms with van der Waals surface area (Å²) in [6.45, 7) is 3.35. The van der Waals surface area contributed by atoms with Crippen LogP contribution < -0.4 is 5.32 Å². The van der Waals surface area contributed by atoms with Gasteiger partial charge in [-0.25, -0.2) is 14.8 Å². The maximum Gasteiger partial charge on any atom is 0.348 e. The van der Waals surface area contributed by atoms with Crippen LogP contribution in [-0.2, 0) is 9.53 Å². The number of carbonyl (C=O) groups is 2. The predicted molar refractivity (Wildman–Crippen MR) is 95.2 cm³/mol. The average Bonchev–Trinajstić information content (AvgIpc) is 2.93. The number of hydrogen-bond acceptors (Lipinski definition) is 7. The summed E-state index contributed by atoms with van der Waals surface area (Å²) in [6.07, 6.45) is 6.57. The lowest BCUT2D eigenvalue weighted by Gasteiger charge is -2.21. The first-order valence-corrected chi connectivity index (χ1v) is 9.23. The highest BCUT2D eigenvalue weighted by Crippen LogP contribution is 2.34. The molecular formula is C17H21N3O4S. The average molecular weight is 363 g/mol. The largest absolute Gasteiger partial charge is 0.480 e. The van der Waals surface area contributed by atoms with Crippen LogP contribution in [0.3, 0.4) is 0 Å². The van der Waals surface area contributed by atoms with Gasteiger partial charge in [0, 0.05) is 0 Å². The normalized spacial score (nSPS) is 16.6. The first-order chi connectivity index (χ1) is 12.0. The molecule has 2 aromatic rings. The molecule has 0 radical (unpaired) electrons. The molecule has 0 aromatic carbocycles. The lowest BCUT2D eigenvalue weighted by Crippen LogP contribution is -2.26. The Hall–Kier alpha value is -2.22. The third-order valence-corrected chi connectivity index (χ3v) is 5.64. The molecule has 1 fully saturated rings. The molecule has 2 aromatic heterocycles. The van der Waals surface area contributed by atoms with Crippen molar-refractivity contribution in [2.75, 3.05) is 5.32 Å². The number of fused-ring (bicyclic) bond motifs is 1. The zero-order valence-corrected chi connectivity index (χ0v) is 15.1. The number of anilines is 1. The van der Waals surface area contributed by atoms with Crippen LogP contribution in [0.2, 0.25) is 0 Å². The molecule has 1 aliphatic carbocycles. The van der Waals surface area contributed by atoms with Gasteiger partial charge in [0.1, 0.15) is 34.0 Å². The fourth-order valence-electron chi connectivity index (χ4n) is 3.03. The number of aryl methyl sites for hydroxylation is 1. The molecule has 1 unspecified atom stereocenters. The summed E-state index contributed by atoms with van der Waals surface area (Å²) in [5.41, 5.74) is 0.724. The topological polar surface area (TPSA) is 101 Å². The van der Waals surface area contributed by atoms with E-state index in [2.05, 4.69) is 15.3 Å². The number of thiophene rings is 1. The number of aromatic nitrogens is 2. The van der Waals surface area contributed by atoms with E-state index >= 15 is 0 Å². The first-order valence-electron chi connectivity index (χ1n) is 8.41. The minimum Gasteiger partial charge on any atom is -0.480 e. The molecule has 8 heteroatoms. The number of rotatable bonds is 5. The summed E-state index contributed by atoms with van der Waals surface area (Å²) in [5.74, 6) is -0.883. The van der Waals surface area contributed by atoms with Crippen LogP contribution >= 0.6 is 11.3 Å². The van der Waals surface area contributed by atoms with Crippen molar-refractivity contribution in [1.29, 1.82) is 0 Å². The molecule has 2 heterocycles. The van der Waals surface area contributed by atoms with E-state index in [0.29, 0.717) is 20.9 Å². The second-order valence-corrected chi connectivity index (χ2v) is 7.33. The molecule has 0 aliphatic heterocycles. The second kappa shape index (κ2) is 7.35. The summed E-state index contributed by atoms with van der Waals surface area (Å²) in [4.78, 5) is 33.2. The van der Waals surface area contributed by atoms with E-state index in [1.54, 1.807) is 0 Å². The predicted octanol–water partition coefficient (Wildman–Crippen LogP) is 3.37. The lowest BCUT2D eigenvalue weighted by molar-refractivity contribution is -0.137. The minimum absolute atomic E-state index is 0.0124. The maximum atomic E-state index is 12.6. The molecule has 0 saturated heterocycles. The van der Waals surface area contributed by atoms with E-state index in [-0.39, 0.29) is 12.1 Å². The van der Waals surface area contributed by atoms with Crippen molar-refractivity contribution in [3.8, 4) is 0 Å². The molecule has 134 valence electrons.